The molecule has 3 N–H and O–H groups in total. The topological polar surface area (TPSA) is 73.5 Å². The molecule has 0 saturated carbocycles. The molecular weight excluding hydrogens is 352 g/mol. The molecule has 0 radical (unpaired) electrons. The maximum absolute atomic E-state index is 13.1. The van der Waals surface area contributed by atoms with E-state index in [9.17, 15) is 9.59 Å². The maximum atomic E-state index is 13.1. The minimum absolute atomic E-state index is 0.239. The first-order chi connectivity index (χ1) is 13.2. The molecule has 0 saturated heterocycles. The van der Waals surface area contributed by atoms with Crippen LogP contribution >= 0.6 is 0 Å². The Hall–Kier alpha value is -3.28. The second-order valence-electron chi connectivity index (χ2n) is 7.39. The molecule has 0 aromatic heterocycles. The van der Waals surface area contributed by atoms with E-state index in [1.54, 1.807) is 6.92 Å². The number of hydrogen-bond acceptors (Lipinski definition) is 3. The van der Waals surface area contributed by atoms with E-state index in [4.69, 9.17) is 0 Å². The zero-order valence-corrected chi connectivity index (χ0v) is 16.9. The van der Waals surface area contributed by atoms with Gasteiger partial charge in [-0.2, -0.15) is 0 Å². The van der Waals surface area contributed by atoms with Crippen molar-refractivity contribution in [3.63, 3.8) is 0 Å². The Morgan fingerprint density at radius 3 is 2.18 bits per heavy atom. The van der Waals surface area contributed by atoms with Crippen molar-refractivity contribution in [2.24, 2.45) is 0 Å². The van der Waals surface area contributed by atoms with Gasteiger partial charge in [-0.1, -0.05) is 18.2 Å². The number of amides is 3. The van der Waals surface area contributed by atoms with Crippen LogP contribution in [0, 0.1) is 13.8 Å². The second-order valence-corrected chi connectivity index (χ2v) is 7.39. The zero-order chi connectivity index (χ0) is 20.4. The Kier molecular flexibility index (Phi) is 5.40. The van der Waals surface area contributed by atoms with E-state index < -0.39 is 6.04 Å². The molecule has 3 amide bonds. The molecule has 2 aromatic carbocycles. The summed E-state index contributed by atoms with van der Waals surface area (Å²) in [6, 6.07) is 12.9. The number of anilines is 2. The van der Waals surface area contributed by atoms with Gasteiger partial charge in [0, 0.05) is 31.2 Å². The van der Waals surface area contributed by atoms with Gasteiger partial charge in [-0.05, 0) is 61.7 Å². The average Bonchev–Trinajstić information content (AvgIpc) is 2.60. The van der Waals surface area contributed by atoms with E-state index in [1.807, 2.05) is 69.2 Å². The molecule has 1 aliphatic heterocycles. The third-order valence-corrected chi connectivity index (χ3v) is 4.74. The van der Waals surface area contributed by atoms with Crippen LogP contribution in [0.4, 0.5) is 16.2 Å². The summed E-state index contributed by atoms with van der Waals surface area (Å²) in [5.41, 5.74) is 5.83. The summed E-state index contributed by atoms with van der Waals surface area (Å²) in [6.45, 7) is 5.73. The molecule has 2 aromatic rings. The number of aryl methyl sites for hydroxylation is 2. The lowest BCUT2D eigenvalue weighted by Crippen LogP contribution is -2.46. The number of carbonyl (C=O) groups excluding carboxylic acids is 2. The summed E-state index contributed by atoms with van der Waals surface area (Å²) in [7, 11) is 3.93. The minimum Gasteiger partial charge on any atom is -0.378 e. The number of nitrogens with one attached hydrogen (secondary N) is 3. The van der Waals surface area contributed by atoms with Gasteiger partial charge >= 0.3 is 6.03 Å². The number of allylic oxidation sites excluding steroid dienone is 1. The highest BCUT2D eigenvalue weighted by molar-refractivity contribution is 6.06. The number of benzene rings is 2. The lowest BCUT2D eigenvalue weighted by atomic mass is 9.94. The van der Waals surface area contributed by atoms with Crippen molar-refractivity contribution in [3.8, 4) is 0 Å². The molecule has 1 heterocycles. The van der Waals surface area contributed by atoms with E-state index in [1.165, 1.54) is 0 Å². The van der Waals surface area contributed by atoms with Crippen LogP contribution in [0.25, 0.3) is 0 Å². The normalized spacial score (nSPS) is 16.3. The maximum Gasteiger partial charge on any atom is 0.319 e. The summed E-state index contributed by atoms with van der Waals surface area (Å²) < 4.78 is 0. The number of rotatable bonds is 4. The van der Waals surface area contributed by atoms with Gasteiger partial charge in [0.1, 0.15) is 0 Å². The zero-order valence-electron chi connectivity index (χ0n) is 16.9. The van der Waals surface area contributed by atoms with Crippen molar-refractivity contribution >= 4 is 23.3 Å². The molecule has 0 bridgehead atoms. The molecule has 146 valence electrons. The fraction of sp³-hybridized carbons (Fsp3) is 0.273. The largest absolute Gasteiger partial charge is 0.378 e. The Morgan fingerprint density at radius 2 is 1.61 bits per heavy atom. The Balaban J connectivity index is 1.93. The van der Waals surface area contributed by atoms with E-state index in [0.29, 0.717) is 11.3 Å². The molecule has 1 unspecified atom stereocenters. The summed E-state index contributed by atoms with van der Waals surface area (Å²) in [5, 5.41) is 8.55. The standard InChI is InChI=1S/C22H26N4O2/c1-13-10-14(2)12-17(11-13)24-21(27)19-15(3)23-22(28)25-20(19)16-6-8-18(9-7-16)26(4)5/h6-12,20H,1-5H3,(H,24,27)(H2,23,25,28). The number of nitrogens with zero attached hydrogens (tertiary/aromatic N) is 1. The molecule has 0 spiro atoms. The molecule has 6 heteroatoms. The SMILES string of the molecule is CC1=C(C(=O)Nc2cc(C)cc(C)c2)C(c2ccc(N(C)C)cc2)NC(=O)N1. The minimum atomic E-state index is -0.518. The number of carbonyl (C=O) groups is 2. The quantitative estimate of drug-likeness (QED) is 0.761. The number of urea groups is 1. The van der Waals surface area contributed by atoms with Gasteiger partial charge in [-0.25, -0.2) is 4.79 Å². The molecule has 0 aliphatic carbocycles. The smallest absolute Gasteiger partial charge is 0.319 e. The van der Waals surface area contributed by atoms with Crippen LogP contribution < -0.4 is 20.9 Å². The van der Waals surface area contributed by atoms with Gasteiger partial charge in [-0.15, -0.1) is 0 Å². The van der Waals surface area contributed by atoms with Gasteiger partial charge in [-0.3, -0.25) is 4.79 Å². The van der Waals surface area contributed by atoms with Crippen LogP contribution in [0.2, 0.25) is 0 Å². The van der Waals surface area contributed by atoms with Crippen LogP contribution in [0.5, 0.6) is 0 Å². The van der Waals surface area contributed by atoms with Gasteiger partial charge < -0.3 is 20.9 Å². The molecule has 0 fully saturated rings. The molecule has 1 aliphatic rings. The van der Waals surface area contributed by atoms with Gasteiger partial charge in [0.25, 0.3) is 5.91 Å². The van der Waals surface area contributed by atoms with Crippen LogP contribution in [0.15, 0.2) is 53.7 Å². The predicted molar refractivity (Wildman–Crippen MR) is 112 cm³/mol. The van der Waals surface area contributed by atoms with Crippen molar-refractivity contribution < 1.29 is 9.59 Å². The lowest BCUT2D eigenvalue weighted by molar-refractivity contribution is -0.113. The third-order valence-electron chi connectivity index (χ3n) is 4.74. The first kappa shape index (κ1) is 19.5. The monoisotopic (exact) mass is 378 g/mol. The molecule has 28 heavy (non-hydrogen) atoms. The van der Waals surface area contributed by atoms with E-state index in [2.05, 4.69) is 22.0 Å². The Bertz CT molecular complexity index is 925. The van der Waals surface area contributed by atoms with Gasteiger partial charge in [0.2, 0.25) is 0 Å². The number of hydrogen-bond donors (Lipinski definition) is 3. The Morgan fingerprint density at radius 1 is 1.00 bits per heavy atom. The van der Waals surface area contributed by atoms with E-state index in [-0.39, 0.29) is 11.9 Å². The van der Waals surface area contributed by atoms with E-state index in [0.717, 1.165) is 28.1 Å². The van der Waals surface area contributed by atoms with Gasteiger partial charge in [0.15, 0.2) is 0 Å². The van der Waals surface area contributed by atoms with Crippen molar-refractivity contribution in [1.82, 2.24) is 10.6 Å². The fourth-order valence-electron chi connectivity index (χ4n) is 3.46. The van der Waals surface area contributed by atoms with Crippen molar-refractivity contribution in [2.75, 3.05) is 24.3 Å². The highest BCUT2D eigenvalue weighted by Gasteiger charge is 2.31. The predicted octanol–water partition coefficient (Wildman–Crippen LogP) is 3.64. The fourth-order valence-corrected chi connectivity index (χ4v) is 3.46. The molecule has 3 rings (SSSR count). The summed E-state index contributed by atoms with van der Waals surface area (Å²) >= 11 is 0. The van der Waals surface area contributed by atoms with Gasteiger partial charge in [0.05, 0.1) is 11.6 Å². The summed E-state index contributed by atoms with van der Waals surface area (Å²) in [6.07, 6.45) is 0. The van der Waals surface area contributed by atoms with Crippen LogP contribution in [0.3, 0.4) is 0 Å². The summed E-state index contributed by atoms with van der Waals surface area (Å²) in [5.74, 6) is -0.239. The van der Waals surface area contributed by atoms with E-state index >= 15 is 0 Å². The first-order valence-corrected chi connectivity index (χ1v) is 9.20. The van der Waals surface area contributed by atoms with Crippen LogP contribution in [-0.2, 0) is 4.79 Å². The molecule has 6 nitrogen and oxygen atoms in total. The van der Waals surface area contributed by atoms with Crippen LogP contribution in [-0.4, -0.2) is 26.0 Å². The molecular formula is C22H26N4O2. The van der Waals surface area contributed by atoms with Crippen molar-refractivity contribution in [3.05, 3.63) is 70.4 Å². The first-order valence-electron chi connectivity index (χ1n) is 9.20. The van der Waals surface area contributed by atoms with Crippen molar-refractivity contribution in [1.29, 1.82) is 0 Å². The second kappa shape index (κ2) is 7.76. The third kappa shape index (κ3) is 4.17. The average molecular weight is 378 g/mol. The van der Waals surface area contributed by atoms with Crippen molar-refractivity contribution in [2.45, 2.75) is 26.8 Å². The highest BCUT2D eigenvalue weighted by atomic mass is 16.2. The summed E-state index contributed by atoms with van der Waals surface area (Å²) in [4.78, 5) is 27.1. The lowest BCUT2D eigenvalue weighted by Gasteiger charge is -2.29. The Labute approximate surface area is 165 Å². The molecule has 1 atom stereocenters. The van der Waals surface area contributed by atoms with Crippen LogP contribution in [0.1, 0.15) is 29.7 Å². The highest BCUT2D eigenvalue weighted by Crippen LogP contribution is 2.29.